The normalized spacial score (nSPS) is 22.2. The highest BCUT2D eigenvalue weighted by Crippen LogP contribution is 2.49. The quantitative estimate of drug-likeness (QED) is 0.631. The third kappa shape index (κ3) is 5.03. The zero-order valence-corrected chi connectivity index (χ0v) is 18.4. The summed E-state index contributed by atoms with van der Waals surface area (Å²) in [6.45, 7) is 2.33. The highest BCUT2D eigenvalue weighted by molar-refractivity contribution is 7.90. The lowest BCUT2D eigenvalue weighted by atomic mass is 9.90. The Labute approximate surface area is 181 Å². The molecule has 0 amide bonds. The maximum Gasteiger partial charge on any atom is 0.225 e. The first-order chi connectivity index (χ1) is 14.3. The van der Waals surface area contributed by atoms with Crippen molar-refractivity contribution >= 4 is 27.4 Å². The monoisotopic (exact) mass is 453 g/mol. The average Bonchev–Trinajstić information content (AvgIpc) is 3.49. The van der Waals surface area contributed by atoms with E-state index < -0.39 is 15.7 Å². The molecule has 0 spiro atoms. The maximum absolute atomic E-state index is 14.1. The SMILES string of the molecule is CS(=O)(=O)c1ccc(OCC[C@H]2C[C@@H]2C2CCN(c3ncc(Cl)cn3)CC2)c(F)c1. The Kier molecular flexibility index (Phi) is 6.16. The largest absolute Gasteiger partial charge is 0.491 e. The van der Waals surface area contributed by atoms with Crippen molar-refractivity contribution in [2.24, 2.45) is 17.8 Å². The Balaban J connectivity index is 1.20. The molecule has 1 aliphatic carbocycles. The summed E-state index contributed by atoms with van der Waals surface area (Å²) in [7, 11) is -3.42. The molecule has 0 N–H and O–H groups in total. The lowest BCUT2D eigenvalue weighted by Crippen LogP contribution is -2.35. The summed E-state index contributed by atoms with van der Waals surface area (Å²) in [5.74, 6) is 2.23. The van der Waals surface area contributed by atoms with E-state index >= 15 is 0 Å². The van der Waals surface area contributed by atoms with Gasteiger partial charge in [-0.3, -0.25) is 0 Å². The Morgan fingerprint density at radius 2 is 1.93 bits per heavy atom. The minimum atomic E-state index is -3.42. The minimum Gasteiger partial charge on any atom is -0.491 e. The van der Waals surface area contributed by atoms with Gasteiger partial charge in [-0.05, 0) is 61.6 Å². The van der Waals surface area contributed by atoms with Crippen LogP contribution in [0, 0.1) is 23.6 Å². The molecule has 2 fully saturated rings. The average molecular weight is 454 g/mol. The Bertz CT molecular complexity index is 995. The predicted molar refractivity (Wildman–Crippen MR) is 113 cm³/mol. The lowest BCUT2D eigenvalue weighted by molar-refractivity contribution is 0.273. The standard InChI is InChI=1S/C21H25ClFN3O3S/c1-30(27,28)17-2-3-20(19(23)11-17)29-9-6-15-10-18(15)14-4-7-26(8-5-14)21-24-12-16(22)13-25-21/h2-3,11-15,18H,4-10H2,1H3/t15-,18+/m0/s1. The number of piperidine rings is 1. The van der Waals surface area contributed by atoms with E-state index in [1.165, 1.54) is 18.6 Å². The molecule has 1 saturated carbocycles. The van der Waals surface area contributed by atoms with Gasteiger partial charge in [0.15, 0.2) is 21.4 Å². The van der Waals surface area contributed by atoms with E-state index in [4.69, 9.17) is 16.3 Å². The van der Waals surface area contributed by atoms with Crippen LogP contribution < -0.4 is 9.64 Å². The second-order valence-electron chi connectivity index (χ2n) is 8.19. The van der Waals surface area contributed by atoms with Gasteiger partial charge in [-0.25, -0.2) is 22.8 Å². The summed E-state index contributed by atoms with van der Waals surface area (Å²) in [6, 6.07) is 3.79. The van der Waals surface area contributed by atoms with Crippen molar-refractivity contribution < 1.29 is 17.5 Å². The second kappa shape index (κ2) is 8.67. The highest BCUT2D eigenvalue weighted by atomic mass is 35.5. The third-order valence-corrected chi connectivity index (χ3v) is 7.40. The van der Waals surface area contributed by atoms with E-state index in [1.807, 2.05) is 0 Å². The molecule has 1 aromatic carbocycles. The van der Waals surface area contributed by atoms with Gasteiger partial charge in [-0.1, -0.05) is 11.6 Å². The smallest absolute Gasteiger partial charge is 0.225 e. The van der Waals surface area contributed by atoms with Gasteiger partial charge in [0.1, 0.15) is 0 Å². The molecule has 162 valence electrons. The topological polar surface area (TPSA) is 72.4 Å². The molecule has 1 aromatic heterocycles. The number of rotatable bonds is 7. The summed E-state index contributed by atoms with van der Waals surface area (Å²) in [5, 5.41) is 0.544. The van der Waals surface area contributed by atoms with Crippen LogP contribution in [0.25, 0.3) is 0 Å². The fourth-order valence-electron chi connectivity index (χ4n) is 4.33. The van der Waals surface area contributed by atoms with Crippen molar-refractivity contribution in [3.8, 4) is 5.75 Å². The minimum absolute atomic E-state index is 0.0371. The molecule has 1 aliphatic heterocycles. The molecule has 30 heavy (non-hydrogen) atoms. The highest BCUT2D eigenvalue weighted by Gasteiger charge is 2.43. The summed E-state index contributed by atoms with van der Waals surface area (Å²) in [5.41, 5.74) is 0. The molecule has 0 radical (unpaired) electrons. The van der Waals surface area contributed by atoms with Crippen LogP contribution in [0.1, 0.15) is 25.7 Å². The molecule has 2 aliphatic rings. The molecule has 4 rings (SSSR count). The lowest BCUT2D eigenvalue weighted by Gasteiger charge is -2.32. The zero-order valence-electron chi connectivity index (χ0n) is 16.8. The fraction of sp³-hybridized carbons (Fsp3) is 0.524. The van der Waals surface area contributed by atoms with Crippen molar-refractivity contribution in [2.75, 3.05) is 30.9 Å². The van der Waals surface area contributed by atoms with Crippen LogP contribution in [-0.4, -0.2) is 44.3 Å². The molecule has 2 atom stereocenters. The van der Waals surface area contributed by atoms with Crippen molar-refractivity contribution in [1.29, 1.82) is 0 Å². The van der Waals surface area contributed by atoms with E-state index in [0.717, 1.165) is 50.6 Å². The van der Waals surface area contributed by atoms with Crippen molar-refractivity contribution in [3.05, 3.63) is 41.4 Å². The first-order valence-corrected chi connectivity index (χ1v) is 12.4. The van der Waals surface area contributed by atoms with E-state index in [2.05, 4.69) is 14.9 Å². The van der Waals surface area contributed by atoms with Gasteiger partial charge >= 0.3 is 0 Å². The van der Waals surface area contributed by atoms with Crippen LogP contribution in [0.15, 0.2) is 35.5 Å². The van der Waals surface area contributed by atoms with Crippen molar-refractivity contribution in [1.82, 2.24) is 9.97 Å². The van der Waals surface area contributed by atoms with Gasteiger partial charge in [0.2, 0.25) is 5.95 Å². The molecule has 6 nitrogen and oxygen atoms in total. The molecule has 1 saturated heterocycles. The number of halogens is 2. The molecule has 0 unspecified atom stereocenters. The van der Waals surface area contributed by atoms with E-state index in [9.17, 15) is 12.8 Å². The number of anilines is 1. The first kappa shape index (κ1) is 21.3. The molecule has 2 heterocycles. The summed E-state index contributed by atoms with van der Waals surface area (Å²) >= 11 is 5.86. The predicted octanol–water partition coefficient (Wildman–Crippen LogP) is 3.99. The van der Waals surface area contributed by atoms with Gasteiger partial charge in [0, 0.05) is 19.3 Å². The van der Waals surface area contributed by atoms with E-state index in [-0.39, 0.29) is 10.6 Å². The summed E-state index contributed by atoms with van der Waals surface area (Å²) in [4.78, 5) is 10.8. The number of nitrogens with zero attached hydrogens (tertiary/aromatic N) is 3. The van der Waals surface area contributed by atoms with E-state index in [1.54, 1.807) is 12.4 Å². The number of benzene rings is 1. The first-order valence-electron chi connectivity index (χ1n) is 10.2. The van der Waals surface area contributed by atoms with Crippen molar-refractivity contribution in [3.63, 3.8) is 0 Å². The Hall–Kier alpha value is -1.93. The summed E-state index contributed by atoms with van der Waals surface area (Å²) in [6.07, 6.45) is 8.64. The molecule has 0 bridgehead atoms. The molecule has 2 aromatic rings. The second-order valence-corrected chi connectivity index (χ2v) is 10.6. The fourth-order valence-corrected chi connectivity index (χ4v) is 5.06. The molecular weight excluding hydrogens is 429 g/mol. The van der Waals surface area contributed by atoms with Crippen LogP contribution in [0.5, 0.6) is 5.75 Å². The number of hydrogen-bond acceptors (Lipinski definition) is 6. The van der Waals surface area contributed by atoms with Crippen LogP contribution in [0.3, 0.4) is 0 Å². The van der Waals surface area contributed by atoms with Crippen LogP contribution in [0.4, 0.5) is 10.3 Å². The Morgan fingerprint density at radius 1 is 1.23 bits per heavy atom. The van der Waals surface area contributed by atoms with Crippen LogP contribution >= 0.6 is 11.6 Å². The summed E-state index contributed by atoms with van der Waals surface area (Å²) < 4.78 is 42.6. The van der Waals surface area contributed by atoms with Gasteiger partial charge < -0.3 is 9.64 Å². The van der Waals surface area contributed by atoms with Gasteiger partial charge in [0.05, 0.1) is 28.9 Å². The number of aromatic nitrogens is 2. The molecular formula is C21H25ClFN3O3S. The Morgan fingerprint density at radius 3 is 2.57 bits per heavy atom. The zero-order chi connectivity index (χ0) is 21.3. The van der Waals surface area contributed by atoms with Crippen molar-refractivity contribution in [2.45, 2.75) is 30.6 Å². The maximum atomic E-state index is 14.1. The van der Waals surface area contributed by atoms with Gasteiger partial charge in [0.25, 0.3) is 0 Å². The van der Waals surface area contributed by atoms with Crippen LogP contribution in [0.2, 0.25) is 5.02 Å². The van der Waals surface area contributed by atoms with Gasteiger partial charge in [-0.2, -0.15) is 0 Å². The number of hydrogen-bond donors (Lipinski definition) is 0. The van der Waals surface area contributed by atoms with Gasteiger partial charge in [-0.15, -0.1) is 0 Å². The third-order valence-electron chi connectivity index (χ3n) is 6.09. The number of ether oxygens (including phenoxy) is 1. The molecule has 9 heteroatoms. The van der Waals surface area contributed by atoms with E-state index in [0.29, 0.717) is 29.4 Å². The number of sulfone groups is 1. The van der Waals surface area contributed by atoms with Crippen LogP contribution in [-0.2, 0) is 9.84 Å².